The van der Waals surface area contributed by atoms with Crippen LogP contribution in [0.15, 0.2) is 47.4 Å². The fourth-order valence-electron chi connectivity index (χ4n) is 2.95. The smallest absolute Gasteiger partial charge is 0.240 e. The summed E-state index contributed by atoms with van der Waals surface area (Å²) in [7, 11) is -3.62. The standard InChI is InChI=1S/C17H19FN2O2S/c1-13-12-15(18)6-7-17(13)23(21,22)19-9-11-20-10-8-14-4-2-3-5-16(14)20/h2-7,12,19H,8-11H2,1H3. The minimum atomic E-state index is -3.62. The summed E-state index contributed by atoms with van der Waals surface area (Å²) in [4.78, 5) is 2.30. The lowest BCUT2D eigenvalue weighted by molar-refractivity contribution is 0.579. The van der Waals surface area contributed by atoms with Gasteiger partial charge in [-0.3, -0.25) is 0 Å². The van der Waals surface area contributed by atoms with Crippen molar-refractivity contribution in [1.29, 1.82) is 0 Å². The number of hydrogen-bond acceptors (Lipinski definition) is 3. The fourth-order valence-corrected chi connectivity index (χ4v) is 4.19. The van der Waals surface area contributed by atoms with E-state index in [2.05, 4.69) is 21.8 Å². The highest BCUT2D eigenvalue weighted by Gasteiger charge is 2.20. The Morgan fingerprint density at radius 2 is 2.00 bits per heavy atom. The van der Waals surface area contributed by atoms with Crippen LogP contribution in [0, 0.1) is 12.7 Å². The summed E-state index contributed by atoms with van der Waals surface area (Å²) in [5.41, 5.74) is 2.87. The molecule has 122 valence electrons. The molecule has 4 nitrogen and oxygen atoms in total. The Kier molecular flexibility index (Phi) is 4.37. The highest BCUT2D eigenvalue weighted by Crippen LogP contribution is 2.26. The summed E-state index contributed by atoms with van der Waals surface area (Å²) in [5, 5.41) is 0. The van der Waals surface area contributed by atoms with E-state index in [1.165, 1.54) is 23.4 Å². The lowest BCUT2D eigenvalue weighted by Crippen LogP contribution is -2.34. The molecule has 0 bridgehead atoms. The van der Waals surface area contributed by atoms with Gasteiger partial charge in [0.15, 0.2) is 0 Å². The van der Waals surface area contributed by atoms with Crippen LogP contribution in [0.3, 0.4) is 0 Å². The number of nitrogens with one attached hydrogen (secondary N) is 1. The highest BCUT2D eigenvalue weighted by atomic mass is 32.2. The van der Waals surface area contributed by atoms with Gasteiger partial charge in [-0.15, -0.1) is 0 Å². The van der Waals surface area contributed by atoms with Crippen molar-refractivity contribution in [3.63, 3.8) is 0 Å². The minimum absolute atomic E-state index is 0.126. The molecule has 0 atom stereocenters. The first-order chi connectivity index (χ1) is 11.0. The van der Waals surface area contributed by atoms with E-state index in [-0.39, 0.29) is 4.90 Å². The van der Waals surface area contributed by atoms with Gasteiger partial charge >= 0.3 is 0 Å². The van der Waals surface area contributed by atoms with Crippen molar-refractivity contribution in [2.45, 2.75) is 18.2 Å². The van der Waals surface area contributed by atoms with Crippen molar-refractivity contribution < 1.29 is 12.8 Å². The summed E-state index contributed by atoms with van der Waals surface area (Å²) in [6.45, 7) is 3.41. The predicted molar refractivity (Wildman–Crippen MR) is 88.7 cm³/mol. The molecule has 1 N–H and O–H groups in total. The predicted octanol–water partition coefficient (Wildman–Crippen LogP) is 2.48. The van der Waals surface area contributed by atoms with E-state index in [0.29, 0.717) is 18.7 Å². The molecule has 0 unspecified atom stereocenters. The Labute approximate surface area is 136 Å². The zero-order chi connectivity index (χ0) is 16.4. The Hall–Kier alpha value is -1.92. The monoisotopic (exact) mass is 334 g/mol. The first-order valence-electron chi connectivity index (χ1n) is 7.56. The van der Waals surface area contributed by atoms with Crippen LogP contribution in [0.1, 0.15) is 11.1 Å². The van der Waals surface area contributed by atoms with Crippen molar-refractivity contribution in [3.8, 4) is 0 Å². The molecule has 2 aromatic carbocycles. The van der Waals surface area contributed by atoms with E-state index in [4.69, 9.17) is 0 Å². The van der Waals surface area contributed by atoms with Gasteiger partial charge in [0.1, 0.15) is 5.82 Å². The SMILES string of the molecule is Cc1cc(F)ccc1S(=O)(=O)NCCN1CCc2ccccc21. The summed E-state index contributed by atoms with van der Waals surface area (Å²) in [6, 6.07) is 11.9. The third-order valence-corrected chi connectivity index (χ3v) is 5.70. The van der Waals surface area contributed by atoms with Crippen LogP contribution in [0.25, 0.3) is 0 Å². The Morgan fingerprint density at radius 1 is 1.22 bits per heavy atom. The van der Waals surface area contributed by atoms with E-state index >= 15 is 0 Å². The summed E-state index contributed by atoms with van der Waals surface area (Å²) >= 11 is 0. The summed E-state index contributed by atoms with van der Waals surface area (Å²) in [5.74, 6) is -0.435. The van der Waals surface area contributed by atoms with Crippen molar-refractivity contribution in [2.24, 2.45) is 0 Å². The highest BCUT2D eigenvalue weighted by molar-refractivity contribution is 7.89. The maximum Gasteiger partial charge on any atom is 0.240 e. The number of rotatable bonds is 5. The van der Waals surface area contributed by atoms with E-state index in [9.17, 15) is 12.8 Å². The van der Waals surface area contributed by atoms with Gasteiger partial charge in [-0.1, -0.05) is 18.2 Å². The van der Waals surface area contributed by atoms with Crippen LogP contribution in [0.5, 0.6) is 0 Å². The second-order valence-electron chi connectivity index (χ2n) is 5.67. The molecule has 6 heteroatoms. The molecule has 0 aromatic heterocycles. The first kappa shape index (κ1) is 16.0. The van der Waals surface area contributed by atoms with Gasteiger partial charge in [-0.05, 0) is 48.7 Å². The number of para-hydroxylation sites is 1. The maximum atomic E-state index is 13.1. The number of sulfonamides is 1. The number of hydrogen-bond donors (Lipinski definition) is 1. The second-order valence-corrected chi connectivity index (χ2v) is 7.41. The Bertz CT molecular complexity index is 821. The van der Waals surface area contributed by atoms with Crippen LogP contribution < -0.4 is 9.62 Å². The van der Waals surface area contributed by atoms with Gasteiger partial charge < -0.3 is 4.90 Å². The molecule has 2 aromatic rings. The molecule has 3 rings (SSSR count). The third-order valence-electron chi connectivity index (χ3n) is 4.08. The number of anilines is 1. The summed E-state index contributed by atoms with van der Waals surface area (Å²) in [6.07, 6.45) is 0.986. The zero-order valence-electron chi connectivity index (χ0n) is 12.9. The minimum Gasteiger partial charge on any atom is -0.370 e. The van der Waals surface area contributed by atoms with Gasteiger partial charge in [-0.25, -0.2) is 17.5 Å². The number of benzene rings is 2. The molecule has 0 spiro atoms. The van der Waals surface area contributed by atoms with Gasteiger partial charge in [0.05, 0.1) is 4.90 Å². The van der Waals surface area contributed by atoms with Crippen molar-refractivity contribution in [3.05, 3.63) is 59.4 Å². The van der Waals surface area contributed by atoms with Crippen molar-refractivity contribution in [1.82, 2.24) is 4.72 Å². The molecule has 1 aliphatic heterocycles. The number of halogens is 1. The lowest BCUT2D eigenvalue weighted by atomic mass is 10.2. The van der Waals surface area contributed by atoms with Crippen LogP contribution in [-0.4, -0.2) is 28.1 Å². The van der Waals surface area contributed by atoms with Crippen molar-refractivity contribution in [2.75, 3.05) is 24.5 Å². The molecule has 0 saturated heterocycles. The maximum absolute atomic E-state index is 13.1. The molecular formula is C17H19FN2O2S. The summed E-state index contributed by atoms with van der Waals surface area (Å²) < 4.78 is 40.4. The molecular weight excluding hydrogens is 315 g/mol. The largest absolute Gasteiger partial charge is 0.370 e. The Morgan fingerprint density at radius 3 is 2.78 bits per heavy atom. The second kappa shape index (κ2) is 6.29. The third kappa shape index (κ3) is 3.38. The number of nitrogens with zero attached hydrogens (tertiary/aromatic N) is 1. The molecule has 0 aliphatic carbocycles. The van der Waals surface area contributed by atoms with Crippen molar-refractivity contribution >= 4 is 15.7 Å². The van der Waals surface area contributed by atoms with Gasteiger partial charge in [0, 0.05) is 25.3 Å². The average Bonchev–Trinajstić information content (AvgIpc) is 2.90. The molecule has 23 heavy (non-hydrogen) atoms. The lowest BCUT2D eigenvalue weighted by Gasteiger charge is -2.19. The normalized spacial score (nSPS) is 14.1. The quantitative estimate of drug-likeness (QED) is 0.914. The molecule has 0 saturated carbocycles. The van der Waals surface area contributed by atoms with Crippen LogP contribution in [0.2, 0.25) is 0 Å². The van der Waals surface area contributed by atoms with E-state index in [0.717, 1.165) is 19.0 Å². The van der Waals surface area contributed by atoms with Crippen LogP contribution >= 0.6 is 0 Å². The molecule has 1 aliphatic rings. The molecule has 0 fully saturated rings. The molecule has 0 radical (unpaired) electrons. The van der Waals surface area contributed by atoms with E-state index in [1.54, 1.807) is 6.92 Å². The van der Waals surface area contributed by atoms with Crippen LogP contribution in [-0.2, 0) is 16.4 Å². The average molecular weight is 334 g/mol. The van der Waals surface area contributed by atoms with E-state index in [1.807, 2.05) is 12.1 Å². The molecule has 0 amide bonds. The van der Waals surface area contributed by atoms with E-state index < -0.39 is 15.8 Å². The Balaban J connectivity index is 1.64. The zero-order valence-corrected chi connectivity index (χ0v) is 13.7. The van der Waals surface area contributed by atoms with Gasteiger partial charge in [0.25, 0.3) is 0 Å². The number of aryl methyl sites for hydroxylation is 1. The first-order valence-corrected chi connectivity index (χ1v) is 9.04. The van der Waals surface area contributed by atoms with Crippen LogP contribution in [0.4, 0.5) is 10.1 Å². The fraction of sp³-hybridized carbons (Fsp3) is 0.294. The molecule has 1 heterocycles. The topological polar surface area (TPSA) is 49.4 Å². The van der Waals surface area contributed by atoms with Gasteiger partial charge in [-0.2, -0.15) is 0 Å². The number of fused-ring (bicyclic) bond motifs is 1. The van der Waals surface area contributed by atoms with Gasteiger partial charge in [0.2, 0.25) is 10.0 Å².